The predicted molar refractivity (Wildman–Crippen MR) is 112 cm³/mol. The minimum atomic E-state index is -0.479. The van der Waals surface area contributed by atoms with E-state index >= 15 is 0 Å². The number of carbonyl (C=O) groups excluding carboxylic acids is 1. The lowest BCUT2D eigenvalue weighted by atomic mass is 10.0. The summed E-state index contributed by atoms with van der Waals surface area (Å²) in [6.45, 7) is 4.73. The molecule has 0 saturated carbocycles. The standard InChI is InChI=1S/C21H27N5O3/c1-16-12-19(26(28)29)13-22-21(16)23-14-20(27)24(2)18-8-10-25(11-9-18)15-17-6-4-3-5-7-17/h3-7,12-13,18H,8-11,14-15H2,1-2H3,(H,22,23). The molecule has 8 nitrogen and oxygen atoms in total. The van der Waals surface area contributed by atoms with E-state index in [-0.39, 0.29) is 24.2 Å². The van der Waals surface area contributed by atoms with Crippen LogP contribution in [0.5, 0.6) is 0 Å². The van der Waals surface area contributed by atoms with E-state index in [9.17, 15) is 14.9 Å². The van der Waals surface area contributed by atoms with E-state index in [1.54, 1.807) is 6.92 Å². The fraction of sp³-hybridized carbons (Fsp3) is 0.429. The Labute approximate surface area is 170 Å². The van der Waals surface area contributed by atoms with Gasteiger partial charge in [0.15, 0.2) is 0 Å². The fourth-order valence-corrected chi connectivity index (χ4v) is 3.64. The van der Waals surface area contributed by atoms with Crippen molar-refractivity contribution in [3.63, 3.8) is 0 Å². The molecule has 1 aromatic carbocycles. The number of nitro groups is 1. The number of hydrogen-bond acceptors (Lipinski definition) is 6. The average Bonchev–Trinajstić information content (AvgIpc) is 2.73. The van der Waals surface area contributed by atoms with Crippen molar-refractivity contribution in [1.29, 1.82) is 0 Å². The molecule has 1 aromatic heterocycles. The summed E-state index contributed by atoms with van der Waals surface area (Å²) < 4.78 is 0. The van der Waals surface area contributed by atoms with Gasteiger partial charge in [-0.05, 0) is 30.9 Å². The zero-order valence-corrected chi connectivity index (χ0v) is 16.9. The van der Waals surface area contributed by atoms with Crippen LogP contribution < -0.4 is 5.32 Å². The van der Waals surface area contributed by atoms with Crippen molar-refractivity contribution in [1.82, 2.24) is 14.8 Å². The number of nitrogens with zero attached hydrogens (tertiary/aromatic N) is 4. The molecule has 154 valence electrons. The normalized spacial score (nSPS) is 15.1. The summed E-state index contributed by atoms with van der Waals surface area (Å²) in [6, 6.07) is 12.1. The number of anilines is 1. The second-order valence-corrected chi connectivity index (χ2v) is 7.47. The van der Waals surface area contributed by atoms with Crippen molar-refractivity contribution in [3.05, 3.63) is 63.8 Å². The Morgan fingerprint density at radius 1 is 1.31 bits per heavy atom. The maximum Gasteiger partial charge on any atom is 0.287 e. The Kier molecular flexibility index (Phi) is 6.77. The maximum absolute atomic E-state index is 12.6. The average molecular weight is 397 g/mol. The fourth-order valence-electron chi connectivity index (χ4n) is 3.64. The molecular formula is C21H27N5O3. The highest BCUT2D eigenvalue weighted by molar-refractivity contribution is 5.80. The molecule has 1 fully saturated rings. The van der Waals surface area contributed by atoms with Crippen molar-refractivity contribution in [2.75, 3.05) is 32.0 Å². The summed E-state index contributed by atoms with van der Waals surface area (Å²) in [5.74, 6) is 0.487. The lowest BCUT2D eigenvalue weighted by Crippen LogP contribution is -2.46. The molecule has 0 bridgehead atoms. The van der Waals surface area contributed by atoms with E-state index in [0.29, 0.717) is 11.4 Å². The van der Waals surface area contributed by atoms with Gasteiger partial charge in [-0.25, -0.2) is 4.98 Å². The van der Waals surface area contributed by atoms with Crippen molar-refractivity contribution >= 4 is 17.4 Å². The molecule has 2 heterocycles. The van der Waals surface area contributed by atoms with Gasteiger partial charge in [-0.3, -0.25) is 19.8 Å². The Morgan fingerprint density at radius 3 is 2.62 bits per heavy atom. The maximum atomic E-state index is 12.6. The second-order valence-electron chi connectivity index (χ2n) is 7.47. The molecular weight excluding hydrogens is 370 g/mol. The third-order valence-corrected chi connectivity index (χ3v) is 5.43. The van der Waals surface area contributed by atoms with E-state index in [1.165, 1.54) is 17.8 Å². The van der Waals surface area contributed by atoms with Crippen LogP contribution in [0.1, 0.15) is 24.0 Å². The highest BCUT2D eigenvalue weighted by Crippen LogP contribution is 2.19. The van der Waals surface area contributed by atoms with Crippen molar-refractivity contribution in [2.45, 2.75) is 32.4 Å². The van der Waals surface area contributed by atoms with Crippen molar-refractivity contribution < 1.29 is 9.72 Å². The lowest BCUT2D eigenvalue weighted by Gasteiger charge is -2.36. The van der Waals surface area contributed by atoms with Crippen LogP contribution in [-0.2, 0) is 11.3 Å². The first kappa shape index (κ1) is 20.7. The van der Waals surface area contributed by atoms with Gasteiger partial charge in [-0.1, -0.05) is 30.3 Å². The first-order valence-corrected chi connectivity index (χ1v) is 9.81. The van der Waals surface area contributed by atoms with E-state index in [0.717, 1.165) is 32.5 Å². The number of rotatable bonds is 7. The summed E-state index contributed by atoms with van der Waals surface area (Å²) in [4.78, 5) is 31.2. The molecule has 0 unspecified atom stereocenters. The summed E-state index contributed by atoms with van der Waals surface area (Å²) >= 11 is 0. The number of aromatic nitrogens is 1. The Bertz CT molecular complexity index is 851. The number of amides is 1. The molecule has 3 rings (SSSR count). The quantitative estimate of drug-likeness (QED) is 0.571. The summed E-state index contributed by atoms with van der Waals surface area (Å²) in [6.07, 6.45) is 3.10. The number of likely N-dealkylation sites (N-methyl/N-ethyl adjacent to an activating group) is 1. The number of pyridine rings is 1. The van der Waals surface area contributed by atoms with Gasteiger partial charge in [0.25, 0.3) is 5.69 Å². The smallest absolute Gasteiger partial charge is 0.287 e. The number of nitrogens with one attached hydrogen (secondary N) is 1. The Balaban J connectivity index is 1.46. The van der Waals surface area contributed by atoms with E-state index in [1.807, 2.05) is 18.0 Å². The largest absolute Gasteiger partial charge is 0.361 e. The van der Waals surface area contributed by atoms with Crippen LogP contribution in [-0.4, -0.2) is 58.3 Å². The van der Waals surface area contributed by atoms with Gasteiger partial charge in [0.05, 0.1) is 11.5 Å². The third-order valence-electron chi connectivity index (χ3n) is 5.43. The third kappa shape index (κ3) is 5.51. The molecule has 0 spiro atoms. The number of hydrogen-bond donors (Lipinski definition) is 1. The number of benzene rings is 1. The molecule has 0 radical (unpaired) electrons. The highest BCUT2D eigenvalue weighted by atomic mass is 16.6. The minimum absolute atomic E-state index is 0.00828. The van der Waals surface area contributed by atoms with Gasteiger partial charge in [0.1, 0.15) is 12.0 Å². The van der Waals surface area contributed by atoms with E-state index in [2.05, 4.69) is 39.5 Å². The predicted octanol–water partition coefficient (Wildman–Crippen LogP) is 2.83. The second kappa shape index (κ2) is 9.47. The highest BCUT2D eigenvalue weighted by Gasteiger charge is 2.25. The molecule has 1 N–H and O–H groups in total. The molecule has 1 aliphatic heterocycles. The number of carbonyl (C=O) groups is 1. The van der Waals surface area contributed by atoms with Gasteiger partial charge in [-0.2, -0.15) is 0 Å². The van der Waals surface area contributed by atoms with Gasteiger partial charge < -0.3 is 10.2 Å². The zero-order chi connectivity index (χ0) is 20.8. The number of likely N-dealkylation sites (tertiary alicyclic amines) is 1. The van der Waals surface area contributed by atoms with Gasteiger partial charge in [0.2, 0.25) is 5.91 Å². The summed E-state index contributed by atoms with van der Waals surface area (Å²) in [5.41, 5.74) is 1.90. The Hall–Kier alpha value is -3.00. The first-order chi connectivity index (χ1) is 13.9. The lowest BCUT2D eigenvalue weighted by molar-refractivity contribution is -0.385. The van der Waals surface area contributed by atoms with Crippen molar-refractivity contribution in [2.24, 2.45) is 0 Å². The van der Waals surface area contributed by atoms with Crippen LogP contribution in [0.4, 0.5) is 11.5 Å². The van der Waals surface area contributed by atoms with Crippen LogP contribution in [0.15, 0.2) is 42.6 Å². The van der Waals surface area contributed by atoms with Gasteiger partial charge in [0, 0.05) is 38.8 Å². The Morgan fingerprint density at radius 2 is 2.00 bits per heavy atom. The van der Waals surface area contributed by atoms with Crippen LogP contribution in [0, 0.1) is 17.0 Å². The number of aryl methyl sites for hydroxylation is 1. The van der Waals surface area contributed by atoms with Crippen LogP contribution in [0.2, 0.25) is 0 Å². The summed E-state index contributed by atoms with van der Waals surface area (Å²) in [7, 11) is 1.84. The van der Waals surface area contributed by atoms with Crippen molar-refractivity contribution in [3.8, 4) is 0 Å². The summed E-state index contributed by atoms with van der Waals surface area (Å²) in [5, 5.41) is 13.8. The van der Waals surface area contributed by atoms with Crippen LogP contribution in [0.3, 0.4) is 0 Å². The zero-order valence-electron chi connectivity index (χ0n) is 16.9. The van der Waals surface area contributed by atoms with E-state index in [4.69, 9.17) is 0 Å². The van der Waals surface area contributed by atoms with Crippen LogP contribution in [0.25, 0.3) is 0 Å². The molecule has 29 heavy (non-hydrogen) atoms. The first-order valence-electron chi connectivity index (χ1n) is 9.81. The van der Waals surface area contributed by atoms with Crippen LogP contribution >= 0.6 is 0 Å². The monoisotopic (exact) mass is 397 g/mol. The molecule has 0 atom stereocenters. The molecule has 1 saturated heterocycles. The molecule has 2 aromatic rings. The van der Waals surface area contributed by atoms with E-state index < -0.39 is 4.92 Å². The molecule has 1 aliphatic rings. The number of piperidine rings is 1. The molecule has 0 aliphatic carbocycles. The SMILES string of the molecule is Cc1cc([N+](=O)[O-])cnc1NCC(=O)N(C)C1CCN(Cc2ccccc2)CC1. The molecule has 1 amide bonds. The van der Waals surface area contributed by atoms with Gasteiger partial charge in [-0.15, -0.1) is 0 Å². The topological polar surface area (TPSA) is 91.6 Å². The van der Waals surface area contributed by atoms with Gasteiger partial charge >= 0.3 is 0 Å². The minimum Gasteiger partial charge on any atom is -0.361 e. The molecule has 8 heteroatoms.